The van der Waals surface area contributed by atoms with Crippen molar-refractivity contribution in [2.45, 2.75) is 13.5 Å². The molecule has 0 aliphatic rings. The molecule has 0 atom stereocenters. The van der Waals surface area contributed by atoms with Gasteiger partial charge in [-0.05, 0) is 54.4 Å². The number of fused-ring (bicyclic) bond motifs is 1. The highest BCUT2D eigenvalue weighted by Crippen LogP contribution is 2.39. The molecule has 0 N–H and O–H groups in total. The van der Waals surface area contributed by atoms with Gasteiger partial charge >= 0.3 is 0 Å². The maximum Gasteiger partial charge on any atom is 0.203 e. The molecule has 0 spiro atoms. The number of aromatic nitrogens is 3. The molecule has 148 valence electrons. The van der Waals surface area contributed by atoms with Crippen molar-refractivity contribution < 1.29 is 14.2 Å². The van der Waals surface area contributed by atoms with E-state index in [0.717, 1.165) is 28.0 Å². The highest BCUT2D eigenvalue weighted by molar-refractivity contribution is 5.81. The summed E-state index contributed by atoms with van der Waals surface area (Å²) in [7, 11) is 4.85. The van der Waals surface area contributed by atoms with Crippen molar-refractivity contribution in [3.8, 4) is 28.6 Å². The maximum absolute atomic E-state index is 5.52. The van der Waals surface area contributed by atoms with Crippen LogP contribution in [-0.4, -0.2) is 35.9 Å². The lowest BCUT2D eigenvalue weighted by molar-refractivity contribution is 0.323. The quantitative estimate of drug-likeness (QED) is 0.487. The summed E-state index contributed by atoms with van der Waals surface area (Å²) in [5, 5.41) is 0. The third-order valence-electron chi connectivity index (χ3n) is 4.89. The first-order valence-electron chi connectivity index (χ1n) is 9.30. The van der Waals surface area contributed by atoms with Gasteiger partial charge in [-0.25, -0.2) is 4.98 Å². The molecule has 0 bridgehead atoms. The first kappa shape index (κ1) is 18.8. The van der Waals surface area contributed by atoms with Gasteiger partial charge in [0.05, 0.1) is 32.4 Å². The molecule has 0 unspecified atom stereocenters. The molecule has 0 saturated heterocycles. The Labute approximate surface area is 169 Å². The van der Waals surface area contributed by atoms with Crippen LogP contribution in [0.1, 0.15) is 11.1 Å². The van der Waals surface area contributed by atoms with Gasteiger partial charge in [-0.1, -0.05) is 6.07 Å². The molecule has 29 heavy (non-hydrogen) atoms. The fourth-order valence-corrected chi connectivity index (χ4v) is 3.52. The third-order valence-corrected chi connectivity index (χ3v) is 4.89. The number of benzene rings is 2. The summed E-state index contributed by atoms with van der Waals surface area (Å²) in [4.78, 5) is 9.16. The van der Waals surface area contributed by atoms with Crippen LogP contribution in [0.4, 0.5) is 0 Å². The summed E-state index contributed by atoms with van der Waals surface area (Å²) in [5.74, 6) is 2.71. The predicted molar refractivity (Wildman–Crippen MR) is 113 cm³/mol. The van der Waals surface area contributed by atoms with Gasteiger partial charge in [0.2, 0.25) is 5.75 Å². The van der Waals surface area contributed by atoms with Gasteiger partial charge in [0, 0.05) is 24.5 Å². The largest absolute Gasteiger partial charge is 0.493 e. The zero-order valence-corrected chi connectivity index (χ0v) is 17.0. The molecule has 0 aliphatic carbocycles. The Balaban J connectivity index is 1.88. The predicted octanol–water partition coefficient (Wildman–Crippen LogP) is 4.48. The Kier molecular flexibility index (Phi) is 5.08. The van der Waals surface area contributed by atoms with Gasteiger partial charge in [-0.15, -0.1) is 0 Å². The Hall–Kier alpha value is -3.54. The van der Waals surface area contributed by atoms with Gasteiger partial charge in [0.15, 0.2) is 11.5 Å². The van der Waals surface area contributed by atoms with Crippen molar-refractivity contribution in [1.29, 1.82) is 0 Å². The van der Waals surface area contributed by atoms with Crippen molar-refractivity contribution in [2.75, 3.05) is 21.3 Å². The zero-order chi connectivity index (χ0) is 20.4. The summed E-state index contributed by atoms with van der Waals surface area (Å²) in [5.41, 5.74) is 5.17. The molecule has 0 radical (unpaired) electrons. The molecule has 0 saturated carbocycles. The average molecular weight is 389 g/mol. The van der Waals surface area contributed by atoms with Gasteiger partial charge < -0.3 is 18.8 Å². The highest BCUT2D eigenvalue weighted by Gasteiger charge is 2.17. The Bertz CT molecular complexity index is 1130. The fraction of sp³-hybridized carbons (Fsp3) is 0.217. The Morgan fingerprint density at radius 1 is 0.931 bits per heavy atom. The lowest BCUT2D eigenvalue weighted by atomic mass is 10.1. The molecule has 2 heterocycles. The van der Waals surface area contributed by atoms with Crippen LogP contribution < -0.4 is 14.2 Å². The normalized spacial score (nSPS) is 10.9. The lowest BCUT2D eigenvalue weighted by Crippen LogP contribution is -2.04. The first-order valence-corrected chi connectivity index (χ1v) is 9.30. The summed E-state index contributed by atoms with van der Waals surface area (Å²) >= 11 is 0. The standard InChI is InChI=1S/C23H23N3O3/c1-15-7-8-19-18(10-15)25-23(17-6-5-9-24-13-17)26(19)14-16-11-20(27-2)22(29-4)21(12-16)28-3/h5-13H,14H2,1-4H3. The molecular weight excluding hydrogens is 366 g/mol. The smallest absolute Gasteiger partial charge is 0.203 e. The molecule has 0 aliphatic heterocycles. The second-order valence-corrected chi connectivity index (χ2v) is 6.79. The van der Waals surface area contributed by atoms with E-state index >= 15 is 0 Å². The van der Waals surface area contributed by atoms with Crippen molar-refractivity contribution >= 4 is 11.0 Å². The van der Waals surface area contributed by atoms with Gasteiger partial charge in [-0.2, -0.15) is 0 Å². The maximum atomic E-state index is 5.52. The number of rotatable bonds is 6. The third kappa shape index (κ3) is 3.49. The molecule has 6 nitrogen and oxygen atoms in total. The minimum atomic E-state index is 0.581. The fourth-order valence-electron chi connectivity index (χ4n) is 3.52. The number of imidazole rings is 1. The van der Waals surface area contributed by atoms with E-state index in [-0.39, 0.29) is 0 Å². The van der Waals surface area contributed by atoms with Crippen molar-refractivity contribution in [1.82, 2.24) is 14.5 Å². The van der Waals surface area contributed by atoms with Gasteiger partial charge in [-0.3, -0.25) is 4.98 Å². The van der Waals surface area contributed by atoms with Gasteiger partial charge in [0.25, 0.3) is 0 Å². The van der Waals surface area contributed by atoms with Crippen LogP contribution in [0.15, 0.2) is 54.9 Å². The van der Waals surface area contributed by atoms with E-state index in [1.165, 1.54) is 5.56 Å². The van der Waals surface area contributed by atoms with Crippen LogP contribution in [0.3, 0.4) is 0 Å². The SMILES string of the molecule is COc1cc(Cn2c(-c3cccnc3)nc3cc(C)ccc32)cc(OC)c1OC. The molecule has 0 amide bonds. The minimum absolute atomic E-state index is 0.581. The van der Waals surface area contributed by atoms with E-state index in [2.05, 4.69) is 34.7 Å². The van der Waals surface area contributed by atoms with Crippen LogP contribution in [0.2, 0.25) is 0 Å². The van der Waals surface area contributed by atoms with Crippen LogP contribution in [0.25, 0.3) is 22.4 Å². The van der Waals surface area contributed by atoms with Crippen molar-refractivity contribution in [2.24, 2.45) is 0 Å². The molecule has 0 fully saturated rings. The van der Waals surface area contributed by atoms with E-state index in [1.54, 1.807) is 27.5 Å². The number of aryl methyl sites for hydroxylation is 1. The summed E-state index contributed by atoms with van der Waals surface area (Å²) in [6.45, 7) is 2.67. The van der Waals surface area contributed by atoms with E-state index in [0.29, 0.717) is 23.8 Å². The summed E-state index contributed by atoms with van der Waals surface area (Å²) in [6.07, 6.45) is 3.60. The molecule has 2 aromatic carbocycles. The number of pyridine rings is 1. The zero-order valence-electron chi connectivity index (χ0n) is 17.0. The van der Waals surface area contributed by atoms with E-state index in [9.17, 15) is 0 Å². The Morgan fingerprint density at radius 2 is 1.69 bits per heavy atom. The van der Waals surface area contributed by atoms with Crippen LogP contribution >= 0.6 is 0 Å². The average Bonchev–Trinajstić information content (AvgIpc) is 3.10. The van der Waals surface area contributed by atoms with E-state index < -0.39 is 0 Å². The van der Waals surface area contributed by atoms with Crippen molar-refractivity contribution in [3.63, 3.8) is 0 Å². The molecule has 4 aromatic rings. The summed E-state index contributed by atoms with van der Waals surface area (Å²) < 4.78 is 18.7. The highest BCUT2D eigenvalue weighted by atomic mass is 16.5. The monoisotopic (exact) mass is 389 g/mol. The van der Waals surface area contributed by atoms with E-state index in [1.807, 2.05) is 30.5 Å². The van der Waals surface area contributed by atoms with Crippen LogP contribution in [0, 0.1) is 6.92 Å². The number of methoxy groups -OCH3 is 3. The lowest BCUT2D eigenvalue weighted by Gasteiger charge is -2.15. The number of hydrogen-bond donors (Lipinski definition) is 0. The summed E-state index contributed by atoms with van der Waals surface area (Å²) in [6, 6.07) is 14.2. The molecule has 4 rings (SSSR count). The minimum Gasteiger partial charge on any atom is -0.493 e. The van der Waals surface area contributed by atoms with Crippen molar-refractivity contribution in [3.05, 3.63) is 66.0 Å². The topological polar surface area (TPSA) is 58.4 Å². The molecule has 2 aromatic heterocycles. The molecular formula is C23H23N3O3. The van der Waals surface area contributed by atoms with Gasteiger partial charge in [0.1, 0.15) is 5.82 Å². The number of ether oxygens (including phenoxy) is 3. The van der Waals surface area contributed by atoms with E-state index in [4.69, 9.17) is 19.2 Å². The second-order valence-electron chi connectivity index (χ2n) is 6.79. The first-order chi connectivity index (χ1) is 14.1. The van der Waals surface area contributed by atoms with Crippen LogP contribution in [0.5, 0.6) is 17.2 Å². The number of hydrogen-bond acceptors (Lipinski definition) is 5. The number of nitrogens with zero attached hydrogens (tertiary/aromatic N) is 3. The molecule has 6 heteroatoms. The Morgan fingerprint density at radius 3 is 2.31 bits per heavy atom. The second kappa shape index (κ2) is 7.83. The van der Waals surface area contributed by atoms with Crippen LogP contribution in [-0.2, 0) is 6.54 Å².